The van der Waals surface area contributed by atoms with Crippen molar-refractivity contribution in [1.82, 2.24) is 4.90 Å². The highest BCUT2D eigenvalue weighted by molar-refractivity contribution is 5.91. The molecule has 6 nitrogen and oxygen atoms in total. The number of rotatable bonds is 5. The Morgan fingerprint density at radius 1 is 0.933 bits per heavy atom. The molecule has 3 atom stereocenters. The van der Waals surface area contributed by atoms with Crippen molar-refractivity contribution in [1.29, 1.82) is 0 Å². The monoisotopic (exact) mass is 414 g/mol. The predicted molar refractivity (Wildman–Crippen MR) is 118 cm³/mol. The summed E-state index contributed by atoms with van der Waals surface area (Å²) in [6, 6.07) is 7.90. The van der Waals surface area contributed by atoms with Gasteiger partial charge in [0.1, 0.15) is 0 Å². The average molecular weight is 415 g/mol. The van der Waals surface area contributed by atoms with Crippen molar-refractivity contribution in [2.45, 2.75) is 39.0 Å². The first-order chi connectivity index (χ1) is 14.6. The number of hydrogen-bond acceptors (Lipinski definition) is 2. The number of nitrogens with one attached hydrogen (secondary N) is 3. The van der Waals surface area contributed by atoms with Gasteiger partial charge in [0.25, 0.3) is 11.8 Å². The van der Waals surface area contributed by atoms with E-state index in [-0.39, 0.29) is 5.91 Å². The number of nitrogens with zero attached hydrogens (tertiary/aromatic N) is 1. The highest BCUT2D eigenvalue weighted by atomic mass is 16.2. The van der Waals surface area contributed by atoms with Crippen LogP contribution in [-0.4, -0.2) is 69.1 Å². The van der Waals surface area contributed by atoms with Gasteiger partial charge in [-0.15, -0.1) is 0 Å². The molecule has 1 saturated carbocycles. The molecule has 2 amide bonds. The lowest BCUT2D eigenvalue weighted by molar-refractivity contribution is -0.904. The number of anilines is 1. The molecule has 0 spiro atoms. The van der Waals surface area contributed by atoms with E-state index in [1.807, 2.05) is 36.1 Å². The quantitative estimate of drug-likeness (QED) is 0.623. The fourth-order valence-corrected chi connectivity index (χ4v) is 5.60. The Morgan fingerprint density at radius 2 is 1.63 bits per heavy atom. The van der Waals surface area contributed by atoms with E-state index in [4.69, 9.17) is 0 Å². The van der Waals surface area contributed by atoms with Crippen LogP contribution in [-0.2, 0) is 9.59 Å². The molecule has 164 valence electrons. The first kappa shape index (κ1) is 21.3. The molecule has 30 heavy (non-hydrogen) atoms. The third-order valence-corrected chi connectivity index (χ3v) is 7.46. The van der Waals surface area contributed by atoms with Crippen molar-refractivity contribution < 1.29 is 19.4 Å². The predicted octanol–water partition coefficient (Wildman–Crippen LogP) is -0.244. The second-order valence-electron chi connectivity index (χ2n) is 9.70. The minimum Gasteiger partial charge on any atom is -0.327 e. The first-order valence-electron chi connectivity index (χ1n) is 11.9. The minimum absolute atomic E-state index is 0.0495. The van der Waals surface area contributed by atoms with Gasteiger partial charge in [0, 0.05) is 11.6 Å². The van der Waals surface area contributed by atoms with Crippen LogP contribution in [0.15, 0.2) is 24.3 Å². The third-order valence-electron chi connectivity index (χ3n) is 7.46. The molecule has 2 heterocycles. The first-order valence-corrected chi connectivity index (χ1v) is 11.9. The van der Waals surface area contributed by atoms with E-state index in [0.717, 1.165) is 50.2 Å². The van der Waals surface area contributed by atoms with E-state index in [1.165, 1.54) is 54.0 Å². The number of carbonyl (C=O) groups is 2. The summed E-state index contributed by atoms with van der Waals surface area (Å²) in [6.45, 7) is 8.77. The zero-order valence-corrected chi connectivity index (χ0v) is 18.4. The van der Waals surface area contributed by atoms with E-state index >= 15 is 0 Å². The summed E-state index contributed by atoms with van der Waals surface area (Å²) in [7, 11) is 0. The molecular weight excluding hydrogens is 376 g/mol. The fraction of sp³-hybridized carbons (Fsp3) is 0.667. The Kier molecular flexibility index (Phi) is 7.05. The number of carbonyl (C=O) groups excluding carboxylic acids is 2. The van der Waals surface area contributed by atoms with Gasteiger partial charge < -0.3 is 20.0 Å². The SMILES string of the molecule is Cc1ccc(NC(=O)C[NH+]2CCN(C(=O)C[NH+]3CC[C@H]4CCCC[C@@H]4C3)CC2)cc1. The molecule has 0 bridgehead atoms. The van der Waals surface area contributed by atoms with Crippen LogP contribution in [0.2, 0.25) is 0 Å². The van der Waals surface area contributed by atoms with E-state index in [0.29, 0.717) is 19.0 Å². The molecule has 3 aliphatic rings. The van der Waals surface area contributed by atoms with Crippen molar-refractivity contribution in [3.05, 3.63) is 29.8 Å². The van der Waals surface area contributed by atoms with Crippen LogP contribution >= 0.6 is 0 Å². The maximum atomic E-state index is 12.8. The summed E-state index contributed by atoms with van der Waals surface area (Å²) >= 11 is 0. The smallest absolute Gasteiger partial charge is 0.279 e. The number of piperidine rings is 1. The third kappa shape index (κ3) is 5.61. The summed E-state index contributed by atoms with van der Waals surface area (Å²) in [5, 5.41) is 2.98. The number of amides is 2. The van der Waals surface area contributed by atoms with Crippen molar-refractivity contribution in [2.24, 2.45) is 11.8 Å². The van der Waals surface area contributed by atoms with Crippen LogP contribution in [0.4, 0.5) is 5.69 Å². The van der Waals surface area contributed by atoms with Crippen LogP contribution in [0.5, 0.6) is 0 Å². The van der Waals surface area contributed by atoms with Gasteiger partial charge >= 0.3 is 0 Å². The Labute approximate surface area is 180 Å². The lowest BCUT2D eigenvalue weighted by atomic mass is 9.75. The van der Waals surface area contributed by atoms with Crippen molar-refractivity contribution in [3.8, 4) is 0 Å². The molecule has 1 unspecified atom stereocenters. The number of piperazine rings is 1. The number of aryl methyl sites for hydroxylation is 1. The summed E-state index contributed by atoms with van der Waals surface area (Å²) in [6.07, 6.45) is 6.88. The van der Waals surface area contributed by atoms with Crippen LogP contribution in [0.3, 0.4) is 0 Å². The molecular formula is C24H38N4O2+2. The van der Waals surface area contributed by atoms with Gasteiger partial charge in [-0.3, -0.25) is 9.59 Å². The molecule has 1 aliphatic carbocycles. The van der Waals surface area contributed by atoms with Gasteiger partial charge in [-0.05, 0) is 44.2 Å². The molecule has 6 heteroatoms. The Bertz CT molecular complexity index is 727. The Balaban J connectivity index is 1.17. The molecule has 2 aliphatic heterocycles. The lowest BCUT2D eigenvalue weighted by Gasteiger charge is -2.39. The van der Waals surface area contributed by atoms with Gasteiger partial charge in [0.05, 0.1) is 39.3 Å². The highest BCUT2D eigenvalue weighted by Crippen LogP contribution is 2.32. The molecule has 3 fully saturated rings. The number of quaternary nitrogens is 2. The van der Waals surface area contributed by atoms with Crippen molar-refractivity contribution >= 4 is 17.5 Å². The van der Waals surface area contributed by atoms with E-state index in [1.54, 1.807) is 0 Å². The maximum absolute atomic E-state index is 12.8. The zero-order valence-electron chi connectivity index (χ0n) is 18.4. The van der Waals surface area contributed by atoms with E-state index < -0.39 is 0 Å². The van der Waals surface area contributed by atoms with Gasteiger partial charge in [-0.25, -0.2) is 0 Å². The van der Waals surface area contributed by atoms with Crippen LogP contribution in [0.1, 0.15) is 37.7 Å². The van der Waals surface area contributed by atoms with Gasteiger partial charge in [0.2, 0.25) is 0 Å². The second kappa shape index (κ2) is 9.92. The van der Waals surface area contributed by atoms with Crippen LogP contribution in [0, 0.1) is 18.8 Å². The molecule has 3 N–H and O–H groups in total. The number of likely N-dealkylation sites (tertiary alicyclic amines) is 1. The fourth-order valence-electron chi connectivity index (χ4n) is 5.60. The molecule has 1 aromatic rings. The Hall–Kier alpha value is -1.92. The summed E-state index contributed by atoms with van der Waals surface area (Å²) in [5.41, 5.74) is 2.04. The van der Waals surface area contributed by atoms with Crippen LogP contribution in [0.25, 0.3) is 0 Å². The number of fused-ring (bicyclic) bond motifs is 1. The average Bonchev–Trinajstić information content (AvgIpc) is 2.76. The largest absolute Gasteiger partial charge is 0.327 e. The van der Waals surface area contributed by atoms with Gasteiger partial charge in [-0.2, -0.15) is 0 Å². The van der Waals surface area contributed by atoms with Crippen molar-refractivity contribution in [2.75, 3.05) is 57.7 Å². The summed E-state index contributed by atoms with van der Waals surface area (Å²) in [4.78, 5) is 30.0. The molecule has 2 saturated heterocycles. The molecule has 4 rings (SSSR count). The molecule has 0 radical (unpaired) electrons. The summed E-state index contributed by atoms with van der Waals surface area (Å²) in [5.74, 6) is 2.13. The Morgan fingerprint density at radius 3 is 2.37 bits per heavy atom. The van der Waals surface area contributed by atoms with Crippen molar-refractivity contribution in [3.63, 3.8) is 0 Å². The van der Waals surface area contributed by atoms with Crippen LogP contribution < -0.4 is 15.1 Å². The zero-order chi connectivity index (χ0) is 20.9. The second-order valence-corrected chi connectivity index (χ2v) is 9.70. The lowest BCUT2D eigenvalue weighted by Crippen LogP contribution is -3.16. The van der Waals surface area contributed by atoms with Gasteiger partial charge in [-0.1, -0.05) is 30.5 Å². The van der Waals surface area contributed by atoms with Gasteiger partial charge in [0.15, 0.2) is 13.1 Å². The maximum Gasteiger partial charge on any atom is 0.279 e. The summed E-state index contributed by atoms with van der Waals surface area (Å²) < 4.78 is 0. The number of benzene rings is 1. The number of hydrogen-bond donors (Lipinski definition) is 3. The standard InChI is InChI=1S/C24H36N4O2/c1-19-6-8-22(9-7-19)25-23(29)17-26-12-14-28(15-13-26)24(30)18-27-11-10-20-4-2-3-5-21(20)16-27/h6-9,20-21H,2-5,10-18H2,1H3,(H,25,29)/p+2/t20-,21-/m1/s1. The highest BCUT2D eigenvalue weighted by Gasteiger charge is 2.35. The minimum atomic E-state index is 0.0495. The topological polar surface area (TPSA) is 58.3 Å². The van der Waals surface area contributed by atoms with E-state index in [2.05, 4.69) is 5.32 Å². The van der Waals surface area contributed by atoms with E-state index in [9.17, 15) is 9.59 Å². The molecule has 1 aromatic carbocycles. The normalized spacial score (nSPS) is 27.4. The molecule has 0 aromatic heterocycles.